The highest BCUT2D eigenvalue weighted by atomic mass is 35.5. The summed E-state index contributed by atoms with van der Waals surface area (Å²) in [6.45, 7) is 4.70. The SMILES string of the molecule is CCC(CC)(CN)C(=O)NCc1ccc(C(=O)Nc2ccncc2)cc1.Cl.Cl. The maximum absolute atomic E-state index is 12.4. The number of nitrogens with zero attached hydrogens (tertiary/aromatic N) is 1. The molecule has 0 atom stereocenters. The van der Waals surface area contributed by atoms with Crippen LogP contribution in [0.3, 0.4) is 0 Å². The molecule has 28 heavy (non-hydrogen) atoms. The summed E-state index contributed by atoms with van der Waals surface area (Å²) in [5.41, 5.74) is 7.47. The minimum atomic E-state index is -0.510. The summed E-state index contributed by atoms with van der Waals surface area (Å²) in [5, 5.41) is 5.76. The number of nitrogens with one attached hydrogen (secondary N) is 2. The fourth-order valence-corrected chi connectivity index (χ4v) is 2.73. The van der Waals surface area contributed by atoms with Gasteiger partial charge in [0, 0.05) is 36.7 Å². The molecule has 2 amide bonds. The van der Waals surface area contributed by atoms with Gasteiger partial charge in [0.1, 0.15) is 0 Å². The van der Waals surface area contributed by atoms with Crippen LogP contribution in [0.2, 0.25) is 0 Å². The first kappa shape index (κ1) is 25.9. The fraction of sp³-hybridized carbons (Fsp3) is 0.350. The molecule has 8 heteroatoms. The maximum atomic E-state index is 12.4. The third-order valence-corrected chi connectivity index (χ3v) is 4.83. The van der Waals surface area contributed by atoms with Crippen LogP contribution in [0.15, 0.2) is 48.8 Å². The zero-order valence-corrected chi connectivity index (χ0v) is 17.7. The minimum absolute atomic E-state index is 0. The number of halogens is 2. The van der Waals surface area contributed by atoms with Crippen molar-refractivity contribution in [3.05, 3.63) is 59.9 Å². The molecule has 1 heterocycles. The monoisotopic (exact) mass is 426 g/mol. The zero-order chi connectivity index (χ0) is 19.0. The van der Waals surface area contributed by atoms with Crippen molar-refractivity contribution in [1.29, 1.82) is 0 Å². The van der Waals surface area contributed by atoms with Crippen LogP contribution in [0.1, 0.15) is 42.6 Å². The van der Waals surface area contributed by atoms with Crippen molar-refractivity contribution in [2.75, 3.05) is 11.9 Å². The molecule has 6 nitrogen and oxygen atoms in total. The normalized spacial score (nSPS) is 10.2. The standard InChI is InChI=1S/C20H26N4O2.2ClH/c1-3-20(4-2,14-21)19(26)23-13-15-5-7-16(8-6-15)18(25)24-17-9-11-22-12-10-17;;/h5-12H,3-4,13-14,21H2,1-2H3,(H,23,26)(H,22,24,25);2*1H. The van der Waals surface area contributed by atoms with Gasteiger partial charge in [-0.3, -0.25) is 14.6 Å². The molecule has 4 N–H and O–H groups in total. The number of aromatic nitrogens is 1. The van der Waals surface area contributed by atoms with Crippen LogP contribution in [-0.2, 0) is 11.3 Å². The molecule has 0 aliphatic heterocycles. The molecule has 154 valence electrons. The van der Waals surface area contributed by atoms with Crippen molar-refractivity contribution in [2.24, 2.45) is 11.1 Å². The predicted octanol–water partition coefficient (Wildman–Crippen LogP) is 3.56. The van der Waals surface area contributed by atoms with Crippen LogP contribution < -0.4 is 16.4 Å². The number of anilines is 1. The van der Waals surface area contributed by atoms with Gasteiger partial charge in [0.05, 0.1) is 5.41 Å². The van der Waals surface area contributed by atoms with E-state index in [1.807, 2.05) is 26.0 Å². The van der Waals surface area contributed by atoms with E-state index in [1.165, 1.54) is 0 Å². The van der Waals surface area contributed by atoms with E-state index >= 15 is 0 Å². The van der Waals surface area contributed by atoms with Crippen molar-refractivity contribution in [3.8, 4) is 0 Å². The summed E-state index contributed by atoms with van der Waals surface area (Å²) in [6, 6.07) is 10.6. The quantitative estimate of drug-likeness (QED) is 0.600. The Morgan fingerprint density at radius 3 is 2.07 bits per heavy atom. The summed E-state index contributed by atoms with van der Waals surface area (Å²) in [7, 11) is 0. The van der Waals surface area contributed by atoms with Gasteiger partial charge in [0.15, 0.2) is 0 Å². The first-order chi connectivity index (χ1) is 12.5. The van der Waals surface area contributed by atoms with Crippen molar-refractivity contribution in [1.82, 2.24) is 10.3 Å². The van der Waals surface area contributed by atoms with E-state index in [-0.39, 0.29) is 36.6 Å². The van der Waals surface area contributed by atoms with Crippen LogP contribution >= 0.6 is 24.8 Å². The molecule has 0 saturated carbocycles. The second-order valence-corrected chi connectivity index (χ2v) is 6.26. The molecule has 0 radical (unpaired) electrons. The number of amides is 2. The van der Waals surface area contributed by atoms with Gasteiger partial charge < -0.3 is 16.4 Å². The van der Waals surface area contributed by atoms with E-state index in [4.69, 9.17) is 5.73 Å². The van der Waals surface area contributed by atoms with E-state index in [1.54, 1.807) is 36.7 Å². The van der Waals surface area contributed by atoms with E-state index in [0.29, 0.717) is 37.2 Å². The number of pyridine rings is 1. The van der Waals surface area contributed by atoms with E-state index in [2.05, 4.69) is 15.6 Å². The molecule has 0 aliphatic carbocycles. The Balaban J connectivity index is 0.00000364. The van der Waals surface area contributed by atoms with Gasteiger partial charge in [-0.05, 0) is 42.7 Å². The highest BCUT2D eigenvalue weighted by Crippen LogP contribution is 2.25. The molecule has 1 aromatic carbocycles. The van der Waals surface area contributed by atoms with Gasteiger partial charge in [0.2, 0.25) is 5.91 Å². The van der Waals surface area contributed by atoms with Gasteiger partial charge in [-0.1, -0.05) is 26.0 Å². The predicted molar refractivity (Wildman–Crippen MR) is 117 cm³/mol. The first-order valence-corrected chi connectivity index (χ1v) is 8.83. The second kappa shape index (κ2) is 12.3. The third-order valence-electron chi connectivity index (χ3n) is 4.83. The molecule has 0 spiro atoms. The van der Waals surface area contributed by atoms with Crippen LogP contribution in [0.25, 0.3) is 0 Å². The molecular formula is C20H28Cl2N4O2. The van der Waals surface area contributed by atoms with Crippen molar-refractivity contribution in [2.45, 2.75) is 33.2 Å². The third kappa shape index (κ3) is 6.48. The number of rotatable bonds is 8. The molecule has 2 rings (SSSR count). The molecule has 1 aromatic heterocycles. The number of nitrogens with two attached hydrogens (primary N) is 1. The molecule has 0 saturated heterocycles. The smallest absolute Gasteiger partial charge is 0.255 e. The van der Waals surface area contributed by atoms with Gasteiger partial charge in [0.25, 0.3) is 5.91 Å². The number of carbonyl (C=O) groups excluding carboxylic acids is 2. The lowest BCUT2D eigenvalue weighted by molar-refractivity contribution is -0.131. The van der Waals surface area contributed by atoms with Crippen molar-refractivity contribution < 1.29 is 9.59 Å². The van der Waals surface area contributed by atoms with E-state index < -0.39 is 5.41 Å². The first-order valence-electron chi connectivity index (χ1n) is 8.83. The molecule has 0 fully saturated rings. The topological polar surface area (TPSA) is 97.1 Å². The summed E-state index contributed by atoms with van der Waals surface area (Å²) >= 11 is 0. The number of hydrogen-bond donors (Lipinski definition) is 3. The van der Waals surface area contributed by atoms with Crippen molar-refractivity contribution in [3.63, 3.8) is 0 Å². The van der Waals surface area contributed by atoms with E-state index in [9.17, 15) is 9.59 Å². The fourth-order valence-electron chi connectivity index (χ4n) is 2.73. The molecular weight excluding hydrogens is 399 g/mol. The van der Waals surface area contributed by atoms with Crippen LogP contribution in [0.5, 0.6) is 0 Å². The average Bonchev–Trinajstić information content (AvgIpc) is 2.69. The summed E-state index contributed by atoms with van der Waals surface area (Å²) in [5.74, 6) is -0.213. The maximum Gasteiger partial charge on any atom is 0.255 e. The molecule has 2 aromatic rings. The summed E-state index contributed by atoms with van der Waals surface area (Å²) in [6.07, 6.45) is 4.66. The van der Waals surface area contributed by atoms with Gasteiger partial charge >= 0.3 is 0 Å². The molecule has 0 unspecified atom stereocenters. The Labute approximate surface area is 178 Å². The Morgan fingerprint density at radius 1 is 1.00 bits per heavy atom. The Morgan fingerprint density at radius 2 is 1.57 bits per heavy atom. The number of benzene rings is 1. The minimum Gasteiger partial charge on any atom is -0.352 e. The van der Waals surface area contributed by atoms with Gasteiger partial charge in [-0.15, -0.1) is 24.8 Å². The van der Waals surface area contributed by atoms with Crippen LogP contribution in [0.4, 0.5) is 5.69 Å². The van der Waals surface area contributed by atoms with Crippen LogP contribution in [-0.4, -0.2) is 23.3 Å². The molecule has 0 aliphatic rings. The summed E-state index contributed by atoms with van der Waals surface area (Å²) in [4.78, 5) is 28.6. The highest BCUT2D eigenvalue weighted by molar-refractivity contribution is 6.04. The number of carbonyl (C=O) groups is 2. The van der Waals surface area contributed by atoms with Gasteiger partial charge in [-0.2, -0.15) is 0 Å². The average molecular weight is 427 g/mol. The number of hydrogen-bond acceptors (Lipinski definition) is 4. The molecule has 0 bridgehead atoms. The Kier molecular flexibility index (Phi) is 11.4. The highest BCUT2D eigenvalue weighted by Gasteiger charge is 2.32. The zero-order valence-electron chi connectivity index (χ0n) is 16.1. The van der Waals surface area contributed by atoms with Crippen molar-refractivity contribution >= 4 is 42.3 Å². The Hall–Kier alpha value is -2.15. The summed E-state index contributed by atoms with van der Waals surface area (Å²) < 4.78 is 0. The lowest BCUT2D eigenvalue weighted by atomic mass is 9.81. The van der Waals surface area contributed by atoms with E-state index in [0.717, 1.165) is 5.56 Å². The lowest BCUT2D eigenvalue weighted by Crippen LogP contribution is -2.45. The largest absolute Gasteiger partial charge is 0.352 e. The van der Waals surface area contributed by atoms with Crippen LogP contribution in [0, 0.1) is 5.41 Å². The van der Waals surface area contributed by atoms with Gasteiger partial charge in [-0.25, -0.2) is 0 Å². The Bertz CT molecular complexity index is 727. The second-order valence-electron chi connectivity index (χ2n) is 6.26. The lowest BCUT2D eigenvalue weighted by Gasteiger charge is -2.28.